The fourth-order valence-corrected chi connectivity index (χ4v) is 2.94. The number of nitrogens with zero attached hydrogens (tertiary/aromatic N) is 2. The number of fused-ring (bicyclic) bond motifs is 1. The highest BCUT2D eigenvalue weighted by Crippen LogP contribution is 2.27. The summed E-state index contributed by atoms with van der Waals surface area (Å²) in [5, 5.41) is 23.4. The summed E-state index contributed by atoms with van der Waals surface area (Å²) in [6.45, 7) is 0. The number of thiazole rings is 1. The van der Waals surface area contributed by atoms with Gasteiger partial charge in [-0.05, 0) is 36.4 Å². The zero-order valence-corrected chi connectivity index (χ0v) is 12.9. The van der Waals surface area contributed by atoms with Crippen molar-refractivity contribution >= 4 is 44.4 Å². The fraction of sp³-hybridized carbons (Fsp3) is 0. The van der Waals surface area contributed by atoms with Gasteiger partial charge in [-0.2, -0.15) is 5.26 Å². The molecule has 3 aromatic rings. The molecule has 0 atom stereocenters. The van der Waals surface area contributed by atoms with E-state index < -0.39 is 12.0 Å². The predicted octanol–water partition coefficient (Wildman–Crippen LogP) is 3.51. The van der Waals surface area contributed by atoms with E-state index in [2.05, 4.69) is 15.6 Å². The van der Waals surface area contributed by atoms with E-state index in [0.717, 1.165) is 0 Å². The summed E-state index contributed by atoms with van der Waals surface area (Å²) < 4.78 is 0.664. The number of aromatic carboxylic acids is 1. The summed E-state index contributed by atoms with van der Waals surface area (Å²) in [6, 6.07) is 12.6. The van der Waals surface area contributed by atoms with Crippen LogP contribution in [0.1, 0.15) is 15.9 Å². The van der Waals surface area contributed by atoms with Crippen LogP contribution in [-0.4, -0.2) is 22.1 Å². The molecule has 0 bridgehead atoms. The molecule has 118 valence electrons. The average Bonchev–Trinajstić information content (AvgIpc) is 2.95. The van der Waals surface area contributed by atoms with Crippen molar-refractivity contribution in [2.45, 2.75) is 0 Å². The van der Waals surface area contributed by atoms with E-state index in [0.29, 0.717) is 26.6 Å². The Morgan fingerprint density at radius 1 is 1.17 bits per heavy atom. The van der Waals surface area contributed by atoms with Crippen molar-refractivity contribution in [3.05, 3.63) is 53.6 Å². The highest BCUT2D eigenvalue weighted by molar-refractivity contribution is 7.22. The monoisotopic (exact) mass is 338 g/mol. The molecule has 0 radical (unpaired) electrons. The van der Waals surface area contributed by atoms with E-state index in [1.165, 1.54) is 23.5 Å². The van der Waals surface area contributed by atoms with Crippen molar-refractivity contribution in [1.29, 1.82) is 5.26 Å². The molecular weight excluding hydrogens is 328 g/mol. The zero-order valence-electron chi connectivity index (χ0n) is 12.1. The maximum Gasteiger partial charge on any atom is 0.335 e. The van der Waals surface area contributed by atoms with E-state index in [1.807, 2.05) is 6.07 Å². The minimum atomic E-state index is -1.02. The van der Waals surface area contributed by atoms with Gasteiger partial charge in [0.25, 0.3) is 0 Å². The van der Waals surface area contributed by atoms with Crippen molar-refractivity contribution in [3.63, 3.8) is 0 Å². The Balaban J connectivity index is 1.75. The standard InChI is InChI=1S/C16H10N4O3S/c17-8-9-2-1-3-11(6-9)18-15(23)20-16-19-12-5-4-10(14(21)22)7-13(12)24-16/h1-7H,(H,21,22)(H2,18,19,20,23). The first kappa shape index (κ1) is 15.5. The van der Waals surface area contributed by atoms with Crippen LogP contribution in [0.3, 0.4) is 0 Å². The molecule has 7 nitrogen and oxygen atoms in total. The van der Waals surface area contributed by atoms with E-state index in [9.17, 15) is 9.59 Å². The first-order valence-electron chi connectivity index (χ1n) is 6.77. The molecule has 0 unspecified atom stereocenters. The summed E-state index contributed by atoms with van der Waals surface area (Å²) >= 11 is 1.18. The van der Waals surface area contributed by atoms with Crippen molar-refractivity contribution in [1.82, 2.24) is 4.98 Å². The molecule has 0 fully saturated rings. The number of nitrogens with one attached hydrogen (secondary N) is 2. The van der Waals surface area contributed by atoms with Gasteiger partial charge in [-0.1, -0.05) is 17.4 Å². The predicted molar refractivity (Wildman–Crippen MR) is 90.4 cm³/mol. The Labute approximate surface area is 140 Å². The lowest BCUT2D eigenvalue weighted by atomic mass is 10.2. The number of carbonyl (C=O) groups is 2. The van der Waals surface area contributed by atoms with Crippen LogP contribution in [0.2, 0.25) is 0 Å². The number of nitriles is 1. The third kappa shape index (κ3) is 3.31. The Bertz CT molecular complexity index is 990. The van der Waals surface area contributed by atoms with Gasteiger partial charge in [0.2, 0.25) is 0 Å². The highest BCUT2D eigenvalue weighted by Gasteiger charge is 2.10. The highest BCUT2D eigenvalue weighted by atomic mass is 32.1. The lowest BCUT2D eigenvalue weighted by molar-refractivity contribution is 0.0697. The molecule has 0 saturated carbocycles. The quantitative estimate of drug-likeness (QED) is 0.676. The average molecular weight is 338 g/mol. The third-order valence-electron chi connectivity index (χ3n) is 3.11. The lowest BCUT2D eigenvalue weighted by Crippen LogP contribution is -2.19. The van der Waals surface area contributed by atoms with Crippen LogP contribution in [0.4, 0.5) is 15.6 Å². The molecular formula is C16H10N4O3S. The molecule has 0 aliphatic heterocycles. The van der Waals surface area contributed by atoms with Crippen molar-refractivity contribution in [2.24, 2.45) is 0 Å². The number of carboxylic acids is 1. The number of anilines is 2. The molecule has 2 aromatic carbocycles. The van der Waals surface area contributed by atoms with Gasteiger partial charge in [-0.25, -0.2) is 14.6 Å². The smallest absolute Gasteiger partial charge is 0.335 e. The normalized spacial score (nSPS) is 10.1. The summed E-state index contributed by atoms with van der Waals surface area (Å²) in [5.74, 6) is -1.02. The van der Waals surface area contributed by atoms with Gasteiger partial charge in [0.15, 0.2) is 5.13 Å². The minimum absolute atomic E-state index is 0.162. The first-order valence-corrected chi connectivity index (χ1v) is 7.59. The Morgan fingerprint density at radius 2 is 2.00 bits per heavy atom. The van der Waals surface area contributed by atoms with Gasteiger partial charge < -0.3 is 10.4 Å². The second-order valence-corrected chi connectivity index (χ2v) is 5.81. The van der Waals surface area contributed by atoms with Gasteiger partial charge in [-0.3, -0.25) is 5.32 Å². The summed E-state index contributed by atoms with van der Waals surface area (Å²) in [5.41, 5.74) is 1.69. The molecule has 2 amide bonds. The van der Waals surface area contributed by atoms with Crippen molar-refractivity contribution in [2.75, 3.05) is 10.6 Å². The fourth-order valence-electron chi connectivity index (χ4n) is 2.04. The number of urea groups is 1. The number of carbonyl (C=O) groups excluding carboxylic acids is 1. The molecule has 3 N–H and O–H groups in total. The number of amides is 2. The van der Waals surface area contributed by atoms with Crippen LogP contribution in [0.25, 0.3) is 10.2 Å². The van der Waals surface area contributed by atoms with Crippen LogP contribution >= 0.6 is 11.3 Å². The topological polar surface area (TPSA) is 115 Å². The Hall–Kier alpha value is -3.44. The molecule has 1 heterocycles. The minimum Gasteiger partial charge on any atom is -0.478 e. The largest absolute Gasteiger partial charge is 0.478 e. The third-order valence-corrected chi connectivity index (χ3v) is 4.04. The maximum absolute atomic E-state index is 12.0. The summed E-state index contributed by atoms with van der Waals surface area (Å²) in [6.07, 6.45) is 0. The van der Waals surface area contributed by atoms with Gasteiger partial charge in [0, 0.05) is 5.69 Å². The zero-order chi connectivity index (χ0) is 17.1. The Kier molecular flexibility index (Phi) is 4.09. The van der Waals surface area contributed by atoms with Gasteiger partial charge >= 0.3 is 12.0 Å². The molecule has 3 rings (SSSR count). The van der Waals surface area contributed by atoms with Crippen LogP contribution in [0.15, 0.2) is 42.5 Å². The maximum atomic E-state index is 12.0. The Morgan fingerprint density at radius 3 is 2.75 bits per heavy atom. The lowest BCUT2D eigenvalue weighted by Gasteiger charge is -2.05. The number of rotatable bonds is 3. The van der Waals surface area contributed by atoms with E-state index in [4.69, 9.17) is 10.4 Å². The second kappa shape index (κ2) is 6.36. The molecule has 0 saturated heterocycles. The number of hydrogen-bond donors (Lipinski definition) is 3. The first-order chi connectivity index (χ1) is 11.5. The molecule has 0 spiro atoms. The summed E-state index contributed by atoms with van der Waals surface area (Å²) in [4.78, 5) is 27.2. The van der Waals surface area contributed by atoms with Crippen LogP contribution < -0.4 is 10.6 Å². The van der Waals surface area contributed by atoms with Gasteiger partial charge in [0.05, 0.1) is 27.4 Å². The van der Waals surface area contributed by atoms with Crippen LogP contribution in [0, 0.1) is 11.3 Å². The molecule has 0 aliphatic rings. The summed E-state index contributed by atoms with van der Waals surface area (Å²) in [7, 11) is 0. The number of carboxylic acid groups (broad SMARTS) is 1. The van der Waals surface area contributed by atoms with Crippen LogP contribution in [-0.2, 0) is 0 Å². The number of hydrogen-bond acceptors (Lipinski definition) is 5. The van der Waals surface area contributed by atoms with E-state index in [-0.39, 0.29) is 5.56 Å². The second-order valence-electron chi connectivity index (χ2n) is 4.78. The van der Waals surface area contributed by atoms with E-state index in [1.54, 1.807) is 30.3 Å². The van der Waals surface area contributed by atoms with Crippen molar-refractivity contribution < 1.29 is 14.7 Å². The van der Waals surface area contributed by atoms with Crippen LogP contribution in [0.5, 0.6) is 0 Å². The van der Waals surface area contributed by atoms with Gasteiger partial charge in [-0.15, -0.1) is 0 Å². The number of aromatic nitrogens is 1. The molecule has 8 heteroatoms. The SMILES string of the molecule is N#Cc1cccc(NC(=O)Nc2nc3ccc(C(=O)O)cc3s2)c1. The number of benzene rings is 2. The van der Waals surface area contributed by atoms with Crippen molar-refractivity contribution in [3.8, 4) is 6.07 Å². The van der Waals surface area contributed by atoms with E-state index >= 15 is 0 Å². The molecule has 0 aliphatic carbocycles. The molecule has 24 heavy (non-hydrogen) atoms. The molecule has 1 aromatic heterocycles. The van der Waals surface area contributed by atoms with Gasteiger partial charge in [0.1, 0.15) is 0 Å².